The van der Waals surface area contributed by atoms with Crippen molar-refractivity contribution in [2.45, 2.75) is 193 Å². The number of rotatable bonds is 11. The van der Waals surface area contributed by atoms with E-state index in [1.807, 2.05) is 25.9 Å². The summed E-state index contributed by atoms with van der Waals surface area (Å²) in [5.41, 5.74) is -4.56. The van der Waals surface area contributed by atoms with Crippen molar-refractivity contribution in [2.24, 2.45) is 23.7 Å². The number of carbonyl (C=O) groups excluding carboxylic acids is 4. The van der Waals surface area contributed by atoms with Gasteiger partial charge in [-0.3, -0.25) is 19.2 Å². The van der Waals surface area contributed by atoms with E-state index in [1.165, 1.54) is 34.8 Å². The molecule has 0 aromatic rings. The van der Waals surface area contributed by atoms with E-state index in [-0.39, 0.29) is 43.8 Å². The number of aliphatic hydroxyl groups is 2. The number of nitrogens with zero attached hydrogens (tertiary/aromatic N) is 1. The van der Waals surface area contributed by atoms with Crippen molar-refractivity contribution in [3.8, 4) is 12.3 Å². The van der Waals surface area contributed by atoms with Gasteiger partial charge < -0.3 is 57.7 Å². The second-order valence-corrected chi connectivity index (χ2v) is 18.1. The molecule has 0 radical (unpaired) electrons. The van der Waals surface area contributed by atoms with E-state index >= 15 is 0 Å². The molecule has 3 fully saturated rings. The average molecular weight is 856 g/mol. The van der Waals surface area contributed by atoms with E-state index < -0.39 is 114 Å². The Morgan fingerprint density at radius 3 is 2.05 bits per heavy atom. The summed E-state index contributed by atoms with van der Waals surface area (Å²) < 4.78 is 56.8. The van der Waals surface area contributed by atoms with Gasteiger partial charge in [0.15, 0.2) is 24.8 Å². The van der Waals surface area contributed by atoms with Gasteiger partial charge in [0.05, 0.1) is 48.1 Å². The minimum Gasteiger partial charge on any atom is -0.459 e. The van der Waals surface area contributed by atoms with Crippen LogP contribution in [0, 0.1) is 36.0 Å². The lowest BCUT2D eigenvalue weighted by atomic mass is 9.73. The van der Waals surface area contributed by atoms with Crippen molar-refractivity contribution in [2.75, 3.05) is 27.8 Å². The first kappa shape index (κ1) is 51.6. The molecule has 16 nitrogen and oxygen atoms in total. The zero-order chi connectivity index (χ0) is 45.7. The van der Waals surface area contributed by atoms with Crippen molar-refractivity contribution in [1.82, 2.24) is 4.90 Å². The van der Waals surface area contributed by atoms with Crippen LogP contribution in [0.1, 0.15) is 109 Å². The van der Waals surface area contributed by atoms with Gasteiger partial charge in [0, 0.05) is 45.1 Å². The molecule has 3 aliphatic heterocycles. The SMILES string of the molecule is C#CCO[C@@]1(C)C[C@@H](C)C(=O)[C@H](C)[C@@H](O)[C@](C)(O)[C@@H](CC)OC(=O)[C@H](C)[C@@H](O[C@H]2C[C@@](C)(OC)[C@@H](OC(C)=O)[C@H](C)O2)[C@H](C)[C@H]1O[C@@H]1O[C@H](C)C[C@H](N(C)C)[C@H]1OC(C)=O. The lowest BCUT2D eigenvalue weighted by Gasteiger charge is -2.50. The third-order valence-corrected chi connectivity index (χ3v) is 12.8. The molecular formula is C44H73NO15. The van der Waals surface area contributed by atoms with E-state index in [4.69, 9.17) is 49.1 Å². The Morgan fingerprint density at radius 2 is 1.52 bits per heavy atom. The number of methoxy groups -OCH3 is 1. The van der Waals surface area contributed by atoms with Crippen molar-refractivity contribution >= 4 is 23.7 Å². The predicted molar refractivity (Wildman–Crippen MR) is 218 cm³/mol. The highest BCUT2D eigenvalue weighted by atomic mass is 16.7. The maximum absolute atomic E-state index is 14.5. The first-order chi connectivity index (χ1) is 27.8. The van der Waals surface area contributed by atoms with E-state index in [0.29, 0.717) is 6.42 Å². The number of likely N-dealkylation sites (N-methyl/N-ethyl adjacent to an activating group) is 1. The zero-order valence-corrected chi connectivity index (χ0v) is 38.4. The van der Waals surface area contributed by atoms with Crippen LogP contribution in [0.3, 0.4) is 0 Å². The number of cyclic esters (lactones) is 1. The van der Waals surface area contributed by atoms with Crippen molar-refractivity contribution in [3.63, 3.8) is 0 Å². The van der Waals surface area contributed by atoms with Crippen molar-refractivity contribution in [3.05, 3.63) is 0 Å². The van der Waals surface area contributed by atoms with Gasteiger partial charge in [-0.2, -0.15) is 0 Å². The maximum Gasteiger partial charge on any atom is 0.311 e. The molecule has 0 aliphatic carbocycles. The highest BCUT2D eigenvalue weighted by Gasteiger charge is 2.55. The van der Waals surface area contributed by atoms with Gasteiger partial charge in [0.2, 0.25) is 0 Å². The number of esters is 3. The van der Waals surface area contributed by atoms with Gasteiger partial charge in [-0.05, 0) is 74.9 Å². The summed E-state index contributed by atoms with van der Waals surface area (Å²) in [5.74, 6) is -3.55. The quantitative estimate of drug-likeness (QED) is 0.174. The standard InChI is InChI=1S/C44H73NO15/c1-17-19-53-43(12)21-23(3)34(48)25(5)37(49)44(13,51)32(18-2)58-40(50)27(7)35(59-33-22-42(11,52-16)39(28(8)55-33)57-30(10)47)26(6)38(43)60-41-36(56-29(9)46)31(45(14)15)20-24(4)54-41/h1,23-28,31-33,35-39,41,49,51H,18-22H2,2-16H3/t23-,24-,25+,26+,27-,28+,31+,32-,33+,35+,36-,37-,38-,39+,41+,42-,43+,44-/m1/s1. The number of carbonyl (C=O) groups is 4. The molecule has 3 saturated heterocycles. The number of aliphatic hydroxyl groups excluding tert-OH is 1. The minimum absolute atomic E-state index is 0.00906. The number of hydrogen-bond acceptors (Lipinski definition) is 16. The highest BCUT2D eigenvalue weighted by Crippen LogP contribution is 2.42. The van der Waals surface area contributed by atoms with Crippen LogP contribution in [0.15, 0.2) is 0 Å². The molecule has 0 saturated carbocycles. The third kappa shape index (κ3) is 11.8. The highest BCUT2D eigenvalue weighted by molar-refractivity contribution is 5.83. The Kier molecular flexibility index (Phi) is 18.2. The smallest absolute Gasteiger partial charge is 0.311 e. The summed E-state index contributed by atoms with van der Waals surface area (Å²) >= 11 is 0. The van der Waals surface area contributed by atoms with E-state index in [1.54, 1.807) is 48.5 Å². The van der Waals surface area contributed by atoms with E-state index in [0.717, 1.165) is 0 Å². The molecule has 0 bridgehead atoms. The summed E-state index contributed by atoms with van der Waals surface area (Å²) in [4.78, 5) is 55.4. The van der Waals surface area contributed by atoms with Crippen LogP contribution in [0.5, 0.6) is 0 Å². The first-order valence-corrected chi connectivity index (χ1v) is 21.2. The lowest BCUT2D eigenvalue weighted by Crippen LogP contribution is -2.62. The zero-order valence-electron chi connectivity index (χ0n) is 38.4. The molecule has 0 aromatic heterocycles. The first-order valence-electron chi connectivity index (χ1n) is 21.2. The molecule has 3 rings (SSSR count). The van der Waals surface area contributed by atoms with Gasteiger partial charge >= 0.3 is 17.9 Å². The largest absolute Gasteiger partial charge is 0.459 e. The minimum atomic E-state index is -2.03. The molecule has 0 amide bonds. The van der Waals surface area contributed by atoms with E-state index in [9.17, 15) is 29.4 Å². The molecule has 18 atom stereocenters. The Hall–Kier alpha value is -2.72. The number of ether oxygens (including phenoxy) is 9. The average Bonchev–Trinajstić information content (AvgIpc) is 3.16. The van der Waals surface area contributed by atoms with Crippen LogP contribution in [0.4, 0.5) is 0 Å². The fraction of sp³-hybridized carbons (Fsp3) is 0.864. The molecule has 0 unspecified atom stereocenters. The Bertz CT molecular complexity index is 1520. The fourth-order valence-electron chi connectivity index (χ4n) is 9.42. The Labute approximate surface area is 356 Å². The topological polar surface area (TPSA) is 195 Å². The molecule has 0 spiro atoms. The maximum atomic E-state index is 14.5. The van der Waals surface area contributed by atoms with Gasteiger partial charge in [-0.25, -0.2) is 0 Å². The van der Waals surface area contributed by atoms with Crippen LogP contribution >= 0.6 is 0 Å². The van der Waals surface area contributed by atoms with E-state index in [2.05, 4.69) is 5.92 Å². The molecule has 16 heteroatoms. The second-order valence-electron chi connectivity index (χ2n) is 18.1. The second kappa shape index (κ2) is 21.1. The van der Waals surface area contributed by atoms with Crippen LogP contribution in [0.2, 0.25) is 0 Å². The van der Waals surface area contributed by atoms with Gasteiger partial charge in [0.25, 0.3) is 0 Å². The molecule has 0 aromatic carbocycles. The lowest BCUT2D eigenvalue weighted by molar-refractivity contribution is -0.321. The third-order valence-electron chi connectivity index (χ3n) is 12.8. The van der Waals surface area contributed by atoms with Crippen LogP contribution in [-0.2, 0) is 61.8 Å². The molecular weight excluding hydrogens is 782 g/mol. The fourth-order valence-corrected chi connectivity index (χ4v) is 9.42. The summed E-state index contributed by atoms with van der Waals surface area (Å²) in [6.45, 7) is 19.2. The summed E-state index contributed by atoms with van der Waals surface area (Å²) in [7, 11) is 5.23. The molecule has 3 aliphatic rings. The van der Waals surface area contributed by atoms with Crippen LogP contribution < -0.4 is 0 Å². The molecule has 3 heterocycles. The number of terminal acetylenes is 1. The van der Waals surface area contributed by atoms with Crippen molar-refractivity contribution < 1.29 is 72.0 Å². The van der Waals surface area contributed by atoms with Crippen molar-refractivity contribution in [1.29, 1.82) is 0 Å². The Balaban J connectivity index is 2.33. The van der Waals surface area contributed by atoms with Crippen LogP contribution in [-0.4, -0.2) is 151 Å². The summed E-state index contributed by atoms with van der Waals surface area (Å²) in [5, 5.41) is 23.4. The Morgan fingerprint density at radius 1 is 0.900 bits per heavy atom. The number of hydrogen-bond donors (Lipinski definition) is 2. The summed E-state index contributed by atoms with van der Waals surface area (Å²) in [6, 6.07) is -0.328. The molecule has 60 heavy (non-hydrogen) atoms. The molecule has 344 valence electrons. The predicted octanol–water partition coefficient (Wildman–Crippen LogP) is 3.58. The van der Waals surface area contributed by atoms with Gasteiger partial charge in [0.1, 0.15) is 29.7 Å². The van der Waals surface area contributed by atoms with Crippen LogP contribution in [0.25, 0.3) is 0 Å². The normalized spacial score (nSPS) is 43.6. The number of Topliss-reactive ketones (excluding diaryl/α,β-unsaturated/α-hetero) is 1. The van der Waals surface area contributed by atoms with Gasteiger partial charge in [-0.1, -0.05) is 33.6 Å². The molecule has 2 N–H and O–H groups in total. The summed E-state index contributed by atoms with van der Waals surface area (Å²) in [6.07, 6.45) is -3.62. The monoisotopic (exact) mass is 855 g/mol. The number of ketones is 1. The van der Waals surface area contributed by atoms with Gasteiger partial charge in [-0.15, -0.1) is 6.42 Å².